The Hall–Kier alpha value is -1.29. The SMILES string of the molecule is C1=CN2CC=NC2=CO1.C1CCNCC1. The molecule has 3 aliphatic rings. The molecule has 0 atom stereocenters. The van der Waals surface area contributed by atoms with Crippen LogP contribution in [-0.4, -0.2) is 30.7 Å². The molecular formula is C11H17N3O. The molecule has 0 aliphatic carbocycles. The van der Waals surface area contributed by atoms with Gasteiger partial charge in [-0.1, -0.05) is 6.42 Å². The molecule has 0 aromatic carbocycles. The van der Waals surface area contributed by atoms with Crippen molar-refractivity contribution in [1.29, 1.82) is 0 Å². The number of ether oxygens (including phenoxy) is 1. The van der Waals surface area contributed by atoms with Crippen molar-refractivity contribution in [3.05, 3.63) is 24.5 Å². The van der Waals surface area contributed by atoms with Crippen LogP contribution in [0.15, 0.2) is 29.5 Å². The highest BCUT2D eigenvalue weighted by molar-refractivity contribution is 5.65. The maximum Gasteiger partial charge on any atom is 0.168 e. The zero-order valence-corrected chi connectivity index (χ0v) is 8.85. The Balaban J connectivity index is 0.000000124. The second kappa shape index (κ2) is 5.56. The second-order valence-corrected chi connectivity index (χ2v) is 3.67. The summed E-state index contributed by atoms with van der Waals surface area (Å²) in [5.74, 6) is 0.887. The van der Waals surface area contributed by atoms with Gasteiger partial charge >= 0.3 is 0 Å². The van der Waals surface area contributed by atoms with Gasteiger partial charge in [-0.2, -0.15) is 0 Å². The Morgan fingerprint density at radius 1 is 1.27 bits per heavy atom. The lowest BCUT2D eigenvalue weighted by molar-refractivity contribution is 0.343. The van der Waals surface area contributed by atoms with Crippen LogP contribution in [0, 0.1) is 0 Å². The summed E-state index contributed by atoms with van der Waals surface area (Å²) in [7, 11) is 0. The number of aliphatic imine (C=N–C) groups is 1. The maximum absolute atomic E-state index is 4.89. The highest BCUT2D eigenvalue weighted by atomic mass is 16.5. The highest BCUT2D eigenvalue weighted by Crippen LogP contribution is 2.14. The van der Waals surface area contributed by atoms with E-state index < -0.39 is 0 Å². The lowest BCUT2D eigenvalue weighted by Gasteiger charge is -2.14. The molecule has 3 heterocycles. The summed E-state index contributed by atoms with van der Waals surface area (Å²) in [5.41, 5.74) is 0. The van der Waals surface area contributed by atoms with Crippen LogP contribution in [0.25, 0.3) is 0 Å². The highest BCUT2D eigenvalue weighted by Gasteiger charge is 2.11. The predicted octanol–water partition coefficient (Wildman–Crippen LogP) is 1.43. The van der Waals surface area contributed by atoms with E-state index >= 15 is 0 Å². The normalized spacial score (nSPS) is 22.4. The molecule has 0 aromatic rings. The van der Waals surface area contributed by atoms with Gasteiger partial charge in [0.25, 0.3) is 0 Å². The predicted molar refractivity (Wildman–Crippen MR) is 60.2 cm³/mol. The third-order valence-electron chi connectivity index (χ3n) is 2.50. The summed E-state index contributed by atoms with van der Waals surface area (Å²) in [4.78, 5) is 6.05. The fraction of sp³-hybridized carbons (Fsp3) is 0.545. The summed E-state index contributed by atoms with van der Waals surface area (Å²) >= 11 is 0. The second-order valence-electron chi connectivity index (χ2n) is 3.67. The van der Waals surface area contributed by atoms with Gasteiger partial charge in [0.2, 0.25) is 0 Å². The third kappa shape index (κ3) is 3.09. The van der Waals surface area contributed by atoms with Crippen molar-refractivity contribution in [2.75, 3.05) is 19.6 Å². The number of nitrogens with one attached hydrogen (secondary N) is 1. The van der Waals surface area contributed by atoms with Crippen molar-refractivity contribution >= 4 is 6.21 Å². The van der Waals surface area contributed by atoms with Crippen LogP contribution in [0.1, 0.15) is 19.3 Å². The Kier molecular flexibility index (Phi) is 3.79. The van der Waals surface area contributed by atoms with Crippen LogP contribution < -0.4 is 5.32 Å². The van der Waals surface area contributed by atoms with Gasteiger partial charge in [-0.05, 0) is 25.9 Å². The lowest BCUT2D eigenvalue weighted by Crippen LogP contribution is -2.21. The Bertz CT molecular complexity index is 268. The summed E-state index contributed by atoms with van der Waals surface area (Å²) in [6.07, 6.45) is 11.2. The zero-order valence-electron chi connectivity index (χ0n) is 8.85. The topological polar surface area (TPSA) is 36.9 Å². The number of hydrogen-bond donors (Lipinski definition) is 1. The first-order valence-electron chi connectivity index (χ1n) is 5.49. The van der Waals surface area contributed by atoms with E-state index in [1.807, 2.05) is 17.3 Å². The summed E-state index contributed by atoms with van der Waals surface area (Å²) in [6.45, 7) is 3.37. The van der Waals surface area contributed by atoms with Crippen LogP contribution in [0.2, 0.25) is 0 Å². The number of hydrogen-bond acceptors (Lipinski definition) is 4. The minimum atomic E-state index is 0.867. The van der Waals surface area contributed by atoms with Gasteiger partial charge in [-0.25, -0.2) is 4.99 Å². The van der Waals surface area contributed by atoms with Crippen LogP contribution in [-0.2, 0) is 4.74 Å². The average molecular weight is 207 g/mol. The monoisotopic (exact) mass is 207 g/mol. The largest absolute Gasteiger partial charge is 0.467 e. The number of rotatable bonds is 0. The number of fused-ring (bicyclic) bond motifs is 1. The standard InChI is InChI=1S/C6H6N2O.C5H11N/c1-2-8-3-4-9-5-6(8)7-1;1-2-4-6-5-3-1/h1,3-5H,2H2;6H,1-5H2. The van der Waals surface area contributed by atoms with Gasteiger partial charge in [0, 0.05) is 12.4 Å². The van der Waals surface area contributed by atoms with Crippen molar-refractivity contribution in [2.24, 2.45) is 4.99 Å². The first-order chi connectivity index (χ1) is 7.47. The zero-order chi connectivity index (χ0) is 10.3. The first-order valence-corrected chi connectivity index (χ1v) is 5.49. The van der Waals surface area contributed by atoms with Crippen LogP contribution in [0.4, 0.5) is 0 Å². The Morgan fingerprint density at radius 3 is 2.73 bits per heavy atom. The summed E-state index contributed by atoms with van der Waals surface area (Å²) in [6, 6.07) is 0. The average Bonchev–Trinajstić information content (AvgIpc) is 2.80. The van der Waals surface area contributed by atoms with Gasteiger partial charge in [0.15, 0.2) is 5.82 Å². The van der Waals surface area contributed by atoms with Gasteiger partial charge < -0.3 is 15.0 Å². The summed E-state index contributed by atoms with van der Waals surface area (Å²) in [5, 5.41) is 3.28. The molecule has 0 aromatic heterocycles. The molecule has 82 valence electrons. The fourth-order valence-corrected chi connectivity index (χ4v) is 1.64. The lowest BCUT2D eigenvalue weighted by atomic mass is 10.2. The van der Waals surface area contributed by atoms with Crippen LogP contribution in [0.5, 0.6) is 0 Å². The molecule has 0 unspecified atom stereocenters. The Morgan fingerprint density at radius 2 is 2.13 bits per heavy atom. The molecule has 1 saturated heterocycles. The molecule has 4 nitrogen and oxygen atoms in total. The van der Waals surface area contributed by atoms with Gasteiger partial charge in [0.1, 0.15) is 12.5 Å². The van der Waals surface area contributed by atoms with E-state index in [-0.39, 0.29) is 0 Å². The van der Waals surface area contributed by atoms with E-state index in [0.29, 0.717) is 0 Å². The molecule has 0 spiro atoms. The molecule has 4 heteroatoms. The van der Waals surface area contributed by atoms with Crippen molar-refractivity contribution in [3.63, 3.8) is 0 Å². The van der Waals surface area contributed by atoms with E-state index in [0.717, 1.165) is 12.4 Å². The molecule has 3 rings (SSSR count). The van der Waals surface area contributed by atoms with Gasteiger partial charge in [-0.3, -0.25) is 0 Å². The maximum atomic E-state index is 4.89. The fourth-order valence-electron chi connectivity index (χ4n) is 1.64. The number of piperidine rings is 1. The number of nitrogens with zero attached hydrogens (tertiary/aromatic N) is 2. The Labute approximate surface area is 90.3 Å². The molecule has 3 aliphatic heterocycles. The quantitative estimate of drug-likeness (QED) is 0.653. The minimum absolute atomic E-state index is 0.867. The van der Waals surface area contributed by atoms with Gasteiger partial charge in [-0.15, -0.1) is 0 Å². The van der Waals surface area contributed by atoms with E-state index in [9.17, 15) is 0 Å². The van der Waals surface area contributed by atoms with Crippen molar-refractivity contribution in [2.45, 2.75) is 19.3 Å². The molecule has 0 bridgehead atoms. The molecule has 0 amide bonds. The molecular weight excluding hydrogens is 190 g/mol. The summed E-state index contributed by atoms with van der Waals surface area (Å²) < 4.78 is 4.89. The third-order valence-corrected chi connectivity index (χ3v) is 2.50. The molecule has 1 fully saturated rings. The molecule has 0 radical (unpaired) electrons. The van der Waals surface area contributed by atoms with Crippen molar-refractivity contribution < 1.29 is 4.74 Å². The minimum Gasteiger partial charge on any atom is -0.467 e. The van der Waals surface area contributed by atoms with E-state index in [2.05, 4.69) is 10.3 Å². The first kappa shape index (κ1) is 10.2. The van der Waals surface area contributed by atoms with E-state index in [4.69, 9.17) is 4.74 Å². The molecule has 1 N–H and O–H groups in total. The van der Waals surface area contributed by atoms with Crippen LogP contribution in [0.3, 0.4) is 0 Å². The van der Waals surface area contributed by atoms with Crippen LogP contribution >= 0.6 is 0 Å². The molecule has 15 heavy (non-hydrogen) atoms. The van der Waals surface area contributed by atoms with E-state index in [1.54, 1.807) is 12.5 Å². The van der Waals surface area contributed by atoms with Gasteiger partial charge in [0.05, 0.1) is 6.54 Å². The van der Waals surface area contributed by atoms with Crippen molar-refractivity contribution in [1.82, 2.24) is 10.2 Å². The molecule has 0 saturated carbocycles. The van der Waals surface area contributed by atoms with Crippen molar-refractivity contribution in [3.8, 4) is 0 Å². The van der Waals surface area contributed by atoms with E-state index in [1.165, 1.54) is 32.4 Å². The smallest absolute Gasteiger partial charge is 0.168 e.